The minimum absolute atomic E-state index is 0.0869. The highest BCUT2D eigenvalue weighted by molar-refractivity contribution is 5.96. The van der Waals surface area contributed by atoms with E-state index in [-0.39, 0.29) is 6.61 Å². The quantitative estimate of drug-likeness (QED) is 0.683. The topological polar surface area (TPSA) is 74.4 Å². The molecule has 0 aliphatic heterocycles. The van der Waals surface area contributed by atoms with E-state index in [1.807, 2.05) is 13.0 Å². The lowest BCUT2D eigenvalue weighted by Gasteiger charge is -2.10. The molecule has 0 fully saturated rings. The molecule has 0 saturated carbocycles. The Morgan fingerprint density at radius 3 is 2.80 bits per heavy atom. The summed E-state index contributed by atoms with van der Waals surface area (Å²) in [6.45, 7) is 1.90. The number of hydrogen-bond acceptors (Lipinski definition) is 5. The lowest BCUT2D eigenvalue weighted by atomic mass is 10.1. The smallest absolute Gasteiger partial charge is 0.340 e. The summed E-state index contributed by atoms with van der Waals surface area (Å²) in [5, 5.41) is 0. The van der Waals surface area contributed by atoms with Gasteiger partial charge in [0.2, 0.25) is 5.88 Å². The van der Waals surface area contributed by atoms with Crippen LogP contribution in [0, 0.1) is 6.92 Å². The fraction of sp³-hybridized carbons (Fsp3) is 0.200. The van der Waals surface area contributed by atoms with Crippen molar-refractivity contribution in [1.82, 2.24) is 4.98 Å². The van der Waals surface area contributed by atoms with Gasteiger partial charge in [-0.25, -0.2) is 9.78 Å². The Morgan fingerprint density at radius 1 is 1.30 bits per heavy atom. The third-order valence-electron chi connectivity index (χ3n) is 2.91. The molecule has 2 aromatic rings. The van der Waals surface area contributed by atoms with Gasteiger partial charge in [0.05, 0.1) is 18.2 Å². The number of carbonyl (C=O) groups excluding carboxylic acids is 1. The second kappa shape index (κ2) is 6.06. The summed E-state index contributed by atoms with van der Waals surface area (Å²) in [4.78, 5) is 16.1. The Morgan fingerprint density at radius 2 is 2.10 bits per heavy atom. The van der Waals surface area contributed by atoms with Gasteiger partial charge in [-0.2, -0.15) is 0 Å². The van der Waals surface area contributed by atoms with Crippen LogP contribution in [0.15, 0.2) is 36.5 Å². The number of carbonyl (C=O) groups is 1. The third-order valence-corrected chi connectivity index (χ3v) is 2.91. The van der Waals surface area contributed by atoms with E-state index in [1.165, 1.54) is 7.11 Å². The van der Waals surface area contributed by atoms with Crippen molar-refractivity contribution < 1.29 is 14.3 Å². The fourth-order valence-corrected chi connectivity index (χ4v) is 1.90. The van der Waals surface area contributed by atoms with Crippen LogP contribution in [0.1, 0.15) is 21.5 Å². The van der Waals surface area contributed by atoms with E-state index >= 15 is 0 Å². The summed E-state index contributed by atoms with van der Waals surface area (Å²) in [5.74, 6) is -0.00967. The Kier molecular flexibility index (Phi) is 4.20. The first-order chi connectivity index (χ1) is 9.63. The molecule has 0 amide bonds. The molecule has 104 valence electrons. The van der Waals surface area contributed by atoms with Gasteiger partial charge in [-0.15, -0.1) is 0 Å². The van der Waals surface area contributed by atoms with Gasteiger partial charge in [0, 0.05) is 11.9 Å². The zero-order valence-corrected chi connectivity index (χ0v) is 11.4. The number of benzene rings is 1. The molecule has 0 unspecified atom stereocenters. The zero-order valence-electron chi connectivity index (χ0n) is 11.4. The molecule has 0 aliphatic rings. The molecule has 1 aromatic carbocycles. The molecule has 1 heterocycles. The van der Waals surface area contributed by atoms with E-state index in [1.54, 1.807) is 30.5 Å². The van der Waals surface area contributed by atoms with Gasteiger partial charge in [-0.1, -0.05) is 12.1 Å². The molecular weight excluding hydrogens is 256 g/mol. The van der Waals surface area contributed by atoms with Crippen molar-refractivity contribution >= 4 is 11.7 Å². The predicted molar refractivity (Wildman–Crippen MR) is 75.5 cm³/mol. The first-order valence-electron chi connectivity index (χ1n) is 6.13. The average molecular weight is 272 g/mol. The number of nitrogen functional groups attached to an aromatic ring is 1. The van der Waals surface area contributed by atoms with Gasteiger partial charge in [0.15, 0.2) is 0 Å². The lowest BCUT2D eigenvalue weighted by molar-refractivity contribution is 0.0470. The number of ether oxygens (including phenoxy) is 2. The third kappa shape index (κ3) is 2.88. The number of rotatable bonds is 4. The minimum Gasteiger partial charge on any atom is -0.481 e. The lowest BCUT2D eigenvalue weighted by Crippen LogP contribution is -2.10. The van der Waals surface area contributed by atoms with E-state index in [9.17, 15) is 4.79 Å². The van der Waals surface area contributed by atoms with Gasteiger partial charge in [0.25, 0.3) is 0 Å². The van der Waals surface area contributed by atoms with Crippen LogP contribution in [-0.2, 0) is 11.3 Å². The highest BCUT2D eigenvalue weighted by Crippen LogP contribution is 2.20. The molecular formula is C15H16N2O3. The van der Waals surface area contributed by atoms with Crippen LogP contribution in [0.5, 0.6) is 5.88 Å². The van der Waals surface area contributed by atoms with Crippen molar-refractivity contribution in [1.29, 1.82) is 0 Å². The molecule has 0 radical (unpaired) electrons. The van der Waals surface area contributed by atoms with Crippen LogP contribution in [0.2, 0.25) is 0 Å². The molecule has 0 bridgehead atoms. The largest absolute Gasteiger partial charge is 0.481 e. The number of aryl methyl sites for hydroxylation is 1. The molecule has 2 rings (SSSR count). The minimum atomic E-state index is -0.452. The molecule has 0 atom stereocenters. The normalized spacial score (nSPS) is 10.1. The summed E-state index contributed by atoms with van der Waals surface area (Å²) in [5.41, 5.74) is 8.11. The first-order valence-corrected chi connectivity index (χ1v) is 6.13. The molecule has 0 aliphatic carbocycles. The maximum absolute atomic E-state index is 12.1. The summed E-state index contributed by atoms with van der Waals surface area (Å²) < 4.78 is 10.4. The highest BCUT2D eigenvalue weighted by atomic mass is 16.5. The van der Waals surface area contributed by atoms with Crippen LogP contribution < -0.4 is 10.5 Å². The number of nitrogens with zero attached hydrogens (tertiary/aromatic N) is 1. The predicted octanol–water partition coefficient (Wildman–Crippen LogP) is 2.34. The Bertz CT molecular complexity index is 606. The maximum Gasteiger partial charge on any atom is 0.340 e. The van der Waals surface area contributed by atoms with E-state index in [2.05, 4.69) is 4.98 Å². The van der Waals surface area contributed by atoms with E-state index < -0.39 is 5.97 Å². The number of hydrogen-bond donors (Lipinski definition) is 1. The van der Waals surface area contributed by atoms with Gasteiger partial charge in [0.1, 0.15) is 6.61 Å². The van der Waals surface area contributed by atoms with Crippen molar-refractivity contribution in [2.75, 3.05) is 12.8 Å². The second-order valence-corrected chi connectivity index (χ2v) is 4.29. The summed E-state index contributed by atoms with van der Waals surface area (Å²) in [6, 6.07) is 8.84. The summed E-state index contributed by atoms with van der Waals surface area (Å²) >= 11 is 0. The first kappa shape index (κ1) is 13.9. The number of anilines is 1. The Hall–Kier alpha value is -2.56. The van der Waals surface area contributed by atoms with Crippen molar-refractivity contribution in [3.8, 4) is 5.88 Å². The molecule has 0 saturated heterocycles. The van der Waals surface area contributed by atoms with E-state index in [0.717, 1.165) is 5.56 Å². The number of pyridine rings is 1. The van der Waals surface area contributed by atoms with Crippen LogP contribution >= 0.6 is 0 Å². The SMILES string of the molecule is COc1ncccc1COC(=O)c1c(C)cccc1N. The maximum atomic E-state index is 12.1. The van der Waals surface area contributed by atoms with Crippen molar-refractivity contribution in [2.24, 2.45) is 0 Å². The molecule has 0 spiro atoms. The molecule has 2 N–H and O–H groups in total. The monoisotopic (exact) mass is 272 g/mol. The number of nitrogens with two attached hydrogens (primary N) is 1. The second-order valence-electron chi connectivity index (χ2n) is 4.29. The van der Waals surface area contributed by atoms with Gasteiger partial charge >= 0.3 is 5.97 Å². The van der Waals surface area contributed by atoms with Crippen LogP contribution in [0.25, 0.3) is 0 Å². The van der Waals surface area contributed by atoms with Crippen molar-refractivity contribution in [3.05, 3.63) is 53.2 Å². The zero-order chi connectivity index (χ0) is 14.5. The van der Waals surface area contributed by atoms with Crippen LogP contribution in [0.3, 0.4) is 0 Å². The molecule has 1 aromatic heterocycles. The Balaban J connectivity index is 2.13. The number of methoxy groups -OCH3 is 1. The summed E-state index contributed by atoms with van der Waals surface area (Å²) in [7, 11) is 1.52. The number of esters is 1. The summed E-state index contributed by atoms with van der Waals surface area (Å²) in [6.07, 6.45) is 1.61. The van der Waals surface area contributed by atoms with Gasteiger partial charge < -0.3 is 15.2 Å². The standard InChI is InChI=1S/C15H16N2O3/c1-10-5-3-7-12(16)13(10)15(18)20-9-11-6-4-8-17-14(11)19-2/h3-8H,9,16H2,1-2H3. The Labute approximate surface area is 117 Å². The van der Waals surface area contributed by atoms with Gasteiger partial charge in [-0.05, 0) is 30.7 Å². The molecule has 20 heavy (non-hydrogen) atoms. The fourth-order valence-electron chi connectivity index (χ4n) is 1.90. The average Bonchev–Trinajstić information content (AvgIpc) is 2.45. The van der Waals surface area contributed by atoms with Crippen LogP contribution in [-0.4, -0.2) is 18.1 Å². The van der Waals surface area contributed by atoms with Crippen molar-refractivity contribution in [3.63, 3.8) is 0 Å². The van der Waals surface area contributed by atoms with Crippen molar-refractivity contribution in [2.45, 2.75) is 13.5 Å². The van der Waals surface area contributed by atoms with Crippen LogP contribution in [0.4, 0.5) is 5.69 Å². The molecule has 5 heteroatoms. The number of aromatic nitrogens is 1. The van der Waals surface area contributed by atoms with E-state index in [0.29, 0.717) is 22.7 Å². The van der Waals surface area contributed by atoms with E-state index in [4.69, 9.17) is 15.2 Å². The highest BCUT2D eigenvalue weighted by Gasteiger charge is 2.15. The molecule has 5 nitrogen and oxygen atoms in total. The van der Waals surface area contributed by atoms with Gasteiger partial charge in [-0.3, -0.25) is 0 Å².